The minimum absolute atomic E-state index is 0.187. The van der Waals surface area contributed by atoms with Crippen molar-refractivity contribution in [3.63, 3.8) is 0 Å². The van der Waals surface area contributed by atoms with Crippen molar-refractivity contribution in [2.45, 2.75) is 13.0 Å². The van der Waals surface area contributed by atoms with Crippen molar-refractivity contribution >= 4 is 0 Å². The second-order valence-electron chi connectivity index (χ2n) is 3.44. The van der Waals surface area contributed by atoms with Gasteiger partial charge in [-0.2, -0.15) is 0 Å². The van der Waals surface area contributed by atoms with Crippen LogP contribution in [0.15, 0.2) is 12.1 Å². The van der Waals surface area contributed by atoms with Gasteiger partial charge in [0.25, 0.3) is 0 Å². The van der Waals surface area contributed by atoms with E-state index >= 15 is 0 Å². The van der Waals surface area contributed by atoms with Crippen LogP contribution in [0, 0.1) is 11.8 Å². The first-order chi connectivity index (χ1) is 8.13. The van der Waals surface area contributed by atoms with E-state index in [0.717, 1.165) is 5.56 Å². The molecule has 0 saturated heterocycles. The summed E-state index contributed by atoms with van der Waals surface area (Å²) in [6.45, 7) is 1.82. The number of benzene rings is 1. The van der Waals surface area contributed by atoms with Crippen LogP contribution in [-0.2, 0) is 0 Å². The van der Waals surface area contributed by atoms with Crippen LogP contribution < -0.4 is 19.9 Å². The van der Waals surface area contributed by atoms with E-state index in [1.807, 2.05) is 13.0 Å². The second-order valence-corrected chi connectivity index (χ2v) is 3.44. The molecule has 1 aromatic carbocycles. The van der Waals surface area contributed by atoms with Gasteiger partial charge in [-0.15, -0.1) is 0 Å². The third-order valence-corrected chi connectivity index (χ3v) is 2.14. The number of hydrogen-bond acceptors (Lipinski definition) is 4. The maximum absolute atomic E-state index is 5.59. The van der Waals surface area contributed by atoms with Crippen LogP contribution in [0.5, 0.6) is 17.2 Å². The van der Waals surface area contributed by atoms with Gasteiger partial charge in [0.2, 0.25) is 5.75 Å². The minimum Gasteiger partial charge on any atom is -0.493 e. The van der Waals surface area contributed by atoms with Gasteiger partial charge in [-0.3, -0.25) is 0 Å². The van der Waals surface area contributed by atoms with Gasteiger partial charge in [0.1, 0.15) is 0 Å². The van der Waals surface area contributed by atoms with Gasteiger partial charge in [0, 0.05) is 0 Å². The quantitative estimate of drug-likeness (QED) is 0.805. The van der Waals surface area contributed by atoms with Crippen molar-refractivity contribution in [3.8, 4) is 29.1 Å². The van der Waals surface area contributed by atoms with Gasteiger partial charge in [-0.25, -0.2) is 0 Å². The molecular weight excluding hydrogens is 218 g/mol. The zero-order chi connectivity index (χ0) is 12.8. The first-order valence-corrected chi connectivity index (χ1v) is 5.20. The largest absolute Gasteiger partial charge is 0.493 e. The van der Waals surface area contributed by atoms with E-state index in [-0.39, 0.29) is 6.04 Å². The van der Waals surface area contributed by atoms with E-state index in [1.54, 1.807) is 27.4 Å². The van der Waals surface area contributed by atoms with Crippen LogP contribution in [0.2, 0.25) is 0 Å². The Morgan fingerprint density at radius 2 is 1.71 bits per heavy atom. The van der Waals surface area contributed by atoms with Gasteiger partial charge >= 0.3 is 0 Å². The van der Waals surface area contributed by atoms with Crippen LogP contribution in [0.1, 0.15) is 12.5 Å². The molecule has 2 N–H and O–H groups in total. The van der Waals surface area contributed by atoms with Crippen molar-refractivity contribution in [2.24, 2.45) is 5.73 Å². The molecule has 1 aromatic rings. The fourth-order valence-electron chi connectivity index (χ4n) is 1.39. The molecule has 0 aliphatic rings. The van der Waals surface area contributed by atoms with E-state index in [9.17, 15) is 0 Å². The highest BCUT2D eigenvalue weighted by Gasteiger charge is 2.14. The predicted octanol–water partition coefficient (Wildman–Crippen LogP) is 1.41. The molecule has 0 radical (unpaired) electrons. The van der Waals surface area contributed by atoms with Gasteiger partial charge in [-0.1, -0.05) is 11.8 Å². The highest BCUT2D eigenvalue weighted by molar-refractivity contribution is 5.60. The zero-order valence-electron chi connectivity index (χ0n) is 10.5. The van der Waals surface area contributed by atoms with Crippen molar-refractivity contribution in [2.75, 3.05) is 21.3 Å². The third kappa shape index (κ3) is 3.05. The Kier molecular flexibility index (Phi) is 4.68. The third-order valence-electron chi connectivity index (χ3n) is 2.14. The summed E-state index contributed by atoms with van der Waals surface area (Å²) in [5.74, 6) is 7.53. The number of nitrogens with two attached hydrogens (primary N) is 1. The molecular formula is C13H17NO3. The molecule has 17 heavy (non-hydrogen) atoms. The Hall–Kier alpha value is -1.86. The molecule has 1 atom stereocenters. The van der Waals surface area contributed by atoms with E-state index in [0.29, 0.717) is 17.2 Å². The molecule has 0 fully saturated rings. The van der Waals surface area contributed by atoms with Gasteiger partial charge in [0.15, 0.2) is 11.5 Å². The van der Waals surface area contributed by atoms with Crippen molar-refractivity contribution in [1.82, 2.24) is 0 Å². The maximum Gasteiger partial charge on any atom is 0.204 e. The second kappa shape index (κ2) is 6.02. The van der Waals surface area contributed by atoms with E-state index in [1.165, 1.54) is 0 Å². The molecule has 0 bridgehead atoms. The van der Waals surface area contributed by atoms with Crippen LogP contribution in [0.3, 0.4) is 0 Å². The fourth-order valence-corrected chi connectivity index (χ4v) is 1.39. The summed E-state index contributed by atoms with van der Waals surface area (Å²) in [5.41, 5.74) is 6.31. The summed E-state index contributed by atoms with van der Waals surface area (Å²) < 4.78 is 15.7. The monoisotopic (exact) mass is 235 g/mol. The SMILES string of the molecule is COc1ccc(C#CC(C)N)c(OC)c1OC. The van der Waals surface area contributed by atoms with E-state index in [4.69, 9.17) is 19.9 Å². The number of rotatable bonds is 3. The zero-order valence-corrected chi connectivity index (χ0v) is 10.5. The van der Waals surface area contributed by atoms with Crippen LogP contribution in [0.25, 0.3) is 0 Å². The molecule has 0 spiro atoms. The molecule has 1 unspecified atom stereocenters. The summed E-state index contributed by atoms with van der Waals surface area (Å²) in [5, 5.41) is 0. The average Bonchev–Trinajstić information content (AvgIpc) is 2.34. The van der Waals surface area contributed by atoms with Gasteiger partial charge in [0.05, 0.1) is 32.9 Å². The maximum atomic E-state index is 5.59. The molecule has 0 aromatic heterocycles. The summed E-state index contributed by atoms with van der Waals surface area (Å²) in [6.07, 6.45) is 0. The molecule has 1 rings (SSSR count). The first-order valence-electron chi connectivity index (χ1n) is 5.20. The van der Waals surface area contributed by atoms with Crippen LogP contribution in [-0.4, -0.2) is 27.4 Å². The lowest BCUT2D eigenvalue weighted by atomic mass is 10.1. The Bertz CT molecular complexity index is 444. The van der Waals surface area contributed by atoms with E-state index in [2.05, 4.69) is 11.8 Å². The lowest BCUT2D eigenvalue weighted by molar-refractivity contribution is 0.324. The van der Waals surface area contributed by atoms with Crippen LogP contribution in [0.4, 0.5) is 0 Å². The van der Waals surface area contributed by atoms with Crippen LogP contribution >= 0.6 is 0 Å². The average molecular weight is 235 g/mol. The summed E-state index contributed by atoms with van der Waals surface area (Å²) in [4.78, 5) is 0. The fraction of sp³-hybridized carbons (Fsp3) is 0.385. The van der Waals surface area contributed by atoms with Crippen molar-refractivity contribution in [1.29, 1.82) is 0 Å². The lowest BCUT2D eigenvalue weighted by Gasteiger charge is -2.13. The summed E-state index contributed by atoms with van der Waals surface area (Å²) in [7, 11) is 4.70. The molecule has 4 nitrogen and oxygen atoms in total. The number of ether oxygens (including phenoxy) is 3. The van der Waals surface area contributed by atoms with E-state index < -0.39 is 0 Å². The molecule has 92 valence electrons. The standard InChI is InChI=1S/C13H17NO3/c1-9(14)5-6-10-7-8-11(15-2)13(17-4)12(10)16-3/h7-9H,14H2,1-4H3. The smallest absolute Gasteiger partial charge is 0.204 e. The Morgan fingerprint density at radius 3 is 2.18 bits per heavy atom. The molecule has 0 aliphatic heterocycles. The minimum atomic E-state index is -0.187. The predicted molar refractivity (Wildman–Crippen MR) is 66.6 cm³/mol. The number of hydrogen-bond donors (Lipinski definition) is 1. The Balaban J connectivity index is 3.30. The summed E-state index contributed by atoms with van der Waals surface area (Å²) >= 11 is 0. The van der Waals surface area contributed by atoms with Gasteiger partial charge in [-0.05, 0) is 19.1 Å². The number of methoxy groups -OCH3 is 3. The van der Waals surface area contributed by atoms with Crippen molar-refractivity contribution in [3.05, 3.63) is 17.7 Å². The molecule has 0 saturated carbocycles. The highest BCUT2D eigenvalue weighted by Crippen LogP contribution is 2.39. The van der Waals surface area contributed by atoms with Gasteiger partial charge < -0.3 is 19.9 Å². The highest BCUT2D eigenvalue weighted by atomic mass is 16.5. The Labute approximate surface area is 102 Å². The van der Waals surface area contributed by atoms with Crippen molar-refractivity contribution < 1.29 is 14.2 Å². The lowest BCUT2D eigenvalue weighted by Crippen LogP contribution is -2.11. The molecule has 0 heterocycles. The first kappa shape index (κ1) is 13.2. The molecule has 0 aliphatic carbocycles. The molecule has 0 amide bonds. The topological polar surface area (TPSA) is 53.7 Å². The normalized spacial score (nSPS) is 11.1. The Morgan fingerprint density at radius 1 is 1.06 bits per heavy atom. The summed E-state index contributed by atoms with van der Waals surface area (Å²) in [6, 6.07) is 3.41. The molecule has 4 heteroatoms.